The minimum atomic E-state index is -0.00952. The normalized spacial score (nSPS) is 15.0. The van der Waals surface area contributed by atoms with E-state index in [0.29, 0.717) is 12.6 Å². The fourth-order valence-corrected chi connectivity index (χ4v) is 3.19. The monoisotopic (exact) mass is 354 g/mol. The maximum atomic E-state index is 12.6. The van der Waals surface area contributed by atoms with Crippen molar-refractivity contribution in [2.45, 2.75) is 70.9 Å². The first-order valence-electron chi connectivity index (χ1n) is 9.73. The molecule has 1 saturated carbocycles. The van der Waals surface area contributed by atoms with Crippen LogP contribution < -0.4 is 5.32 Å². The number of nitrogens with one attached hydrogen (secondary N) is 1. The molecule has 1 fully saturated rings. The highest BCUT2D eigenvalue weighted by Gasteiger charge is 2.21. The van der Waals surface area contributed by atoms with E-state index in [0.717, 1.165) is 24.8 Å². The summed E-state index contributed by atoms with van der Waals surface area (Å²) in [4.78, 5) is 26.5. The van der Waals surface area contributed by atoms with Crippen molar-refractivity contribution in [3.05, 3.63) is 35.9 Å². The van der Waals surface area contributed by atoms with Gasteiger partial charge in [-0.2, -0.15) is 0 Å². The molecule has 0 bridgehead atoms. The van der Waals surface area contributed by atoms with Crippen molar-refractivity contribution < 1.29 is 9.59 Å². The molecule has 1 atom stereocenters. The molecule has 4 heteroatoms. The third-order valence-corrected chi connectivity index (χ3v) is 4.99. The number of carbonyl (C=O) groups is 2. The highest BCUT2D eigenvalue weighted by Crippen LogP contribution is 2.17. The minimum Gasteiger partial charge on any atom is -0.353 e. The highest BCUT2D eigenvalue weighted by atomic mass is 16.2. The van der Waals surface area contributed by atoms with Crippen LogP contribution in [0.2, 0.25) is 0 Å². The lowest BCUT2D eigenvalue weighted by Crippen LogP contribution is -2.39. The summed E-state index contributed by atoms with van der Waals surface area (Å²) in [5.41, 5.74) is 0.944. The van der Waals surface area contributed by atoms with E-state index in [-0.39, 0.29) is 30.7 Å². The summed E-state index contributed by atoms with van der Waals surface area (Å²) in [6.07, 6.45) is 5.87. The Bertz CT molecular complexity index is 639. The van der Waals surface area contributed by atoms with Crippen molar-refractivity contribution in [1.29, 1.82) is 0 Å². The molecule has 140 valence electrons. The second-order valence-corrected chi connectivity index (χ2v) is 7.00. The zero-order chi connectivity index (χ0) is 18.8. The topological polar surface area (TPSA) is 49.4 Å². The molecule has 0 aromatic heterocycles. The van der Waals surface area contributed by atoms with E-state index in [4.69, 9.17) is 0 Å². The Morgan fingerprint density at radius 1 is 1.19 bits per heavy atom. The molecule has 0 unspecified atom stereocenters. The van der Waals surface area contributed by atoms with Gasteiger partial charge < -0.3 is 10.2 Å². The van der Waals surface area contributed by atoms with Crippen LogP contribution in [0.5, 0.6) is 0 Å². The first-order chi connectivity index (χ1) is 12.6. The number of hydrogen-bond acceptors (Lipinski definition) is 2. The molecule has 1 aromatic rings. The summed E-state index contributed by atoms with van der Waals surface area (Å²) in [7, 11) is 0. The van der Waals surface area contributed by atoms with Crippen molar-refractivity contribution in [1.82, 2.24) is 10.2 Å². The van der Waals surface area contributed by atoms with Gasteiger partial charge in [0, 0.05) is 30.5 Å². The van der Waals surface area contributed by atoms with Gasteiger partial charge in [-0.3, -0.25) is 9.59 Å². The van der Waals surface area contributed by atoms with Crippen LogP contribution in [0.25, 0.3) is 0 Å². The first-order valence-corrected chi connectivity index (χ1v) is 9.73. The fourth-order valence-electron chi connectivity index (χ4n) is 3.19. The zero-order valence-electron chi connectivity index (χ0n) is 16.0. The summed E-state index contributed by atoms with van der Waals surface area (Å²) in [5.74, 6) is 6.19. The standard InChI is InChI=1S/C22H30N2O2/c1-3-18(2)24(17-9-12-19-10-5-4-6-11-19)22(26)16-15-21(25)23-20-13-7-8-14-20/h4-6,10-11,18,20H,3,7-8,13-17H2,1-2H3,(H,23,25)/t18-/m1/s1. The molecular formula is C22H30N2O2. The number of benzene rings is 1. The molecule has 4 nitrogen and oxygen atoms in total. The van der Waals surface area contributed by atoms with Gasteiger partial charge in [0.15, 0.2) is 0 Å². The molecule has 1 aliphatic rings. The van der Waals surface area contributed by atoms with E-state index in [1.807, 2.05) is 37.3 Å². The molecule has 1 N–H and O–H groups in total. The van der Waals surface area contributed by atoms with Gasteiger partial charge in [-0.05, 0) is 38.3 Å². The Balaban J connectivity index is 1.85. The van der Waals surface area contributed by atoms with E-state index in [9.17, 15) is 9.59 Å². The van der Waals surface area contributed by atoms with Crippen LogP contribution in [0.4, 0.5) is 0 Å². The number of rotatable bonds is 7. The van der Waals surface area contributed by atoms with Crippen LogP contribution in [0, 0.1) is 11.8 Å². The quantitative estimate of drug-likeness (QED) is 0.762. The van der Waals surface area contributed by atoms with E-state index in [2.05, 4.69) is 24.1 Å². The van der Waals surface area contributed by atoms with Crippen LogP contribution in [0.15, 0.2) is 30.3 Å². The summed E-state index contributed by atoms with van der Waals surface area (Å²) in [6, 6.07) is 10.2. The number of amides is 2. The van der Waals surface area contributed by atoms with Gasteiger partial charge in [0.25, 0.3) is 0 Å². The Kier molecular flexibility index (Phi) is 8.21. The second-order valence-electron chi connectivity index (χ2n) is 7.00. The van der Waals surface area contributed by atoms with Gasteiger partial charge >= 0.3 is 0 Å². The van der Waals surface area contributed by atoms with Crippen LogP contribution >= 0.6 is 0 Å². The molecule has 0 saturated heterocycles. The molecular weight excluding hydrogens is 324 g/mol. The smallest absolute Gasteiger partial charge is 0.224 e. The highest BCUT2D eigenvalue weighted by molar-refractivity contribution is 5.84. The number of carbonyl (C=O) groups excluding carboxylic acids is 2. The van der Waals surface area contributed by atoms with E-state index in [1.165, 1.54) is 12.8 Å². The Labute approximate surface area is 157 Å². The minimum absolute atomic E-state index is 0.00304. The molecule has 26 heavy (non-hydrogen) atoms. The third kappa shape index (κ3) is 6.55. The Morgan fingerprint density at radius 3 is 2.54 bits per heavy atom. The number of nitrogens with zero attached hydrogens (tertiary/aromatic N) is 1. The van der Waals surface area contributed by atoms with E-state index < -0.39 is 0 Å². The van der Waals surface area contributed by atoms with Crippen LogP contribution in [0.3, 0.4) is 0 Å². The van der Waals surface area contributed by atoms with Crippen LogP contribution in [0.1, 0.15) is 64.4 Å². The second kappa shape index (κ2) is 10.7. The average molecular weight is 354 g/mol. The van der Waals surface area contributed by atoms with E-state index in [1.54, 1.807) is 4.90 Å². The maximum Gasteiger partial charge on any atom is 0.224 e. The van der Waals surface area contributed by atoms with Gasteiger partial charge in [0.1, 0.15) is 0 Å². The van der Waals surface area contributed by atoms with Gasteiger partial charge in [-0.1, -0.05) is 49.8 Å². The summed E-state index contributed by atoms with van der Waals surface area (Å²) in [5, 5.41) is 3.04. The molecule has 1 aromatic carbocycles. The zero-order valence-corrected chi connectivity index (χ0v) is 16.0. The van der Waals surface area contributed by atoms with Crippen molar-refractivity contribution in [3.8, 4) is 11.8 Å². The lowest BCUT2D eigenvalue weighted by atomic mass is 10.1. The van der Waals surface area contributed by atoms with Crippen LogP contribution in [-0.2, 0) is 9.59 Å². The predicted molar refractivity (Wildman–Crippen MR) is 104 cm³/mol. The van der Waals surface area contributed by atoms with Crippen molar-refractivity contribution >= 4 is 11.8 Å². The average Bonchev–Trinajstić information content (AvgIpc) is 3.16. The lowest BCUT2D eigenvalue weighted by molar-refractivity contribution is -0.134. The Hall–Kier alpha value is -2.28. The van der Waals surface area contributed by atoms with Crippen molar-refractivity contribution in [2.75, 3.05) is 6.54 Å². The largest absolute Gasteiger partial charge is 0.353 e. The van der Waals surface area contributed by atoms with Gasteiger partial charge in [-0.15, -0.1) is 0 Å². The summed E-state index contributed by atoms with van der Waals surface area (Å²) in [6.45, 7) is 4.48. The SMILES string of the molecule is CC[C@@H](C)N(CC#Cc1ccccc1)C(=O)CCC(=O)NC1CCCC1. The van der Waals surface area contributed by atoms with Crippen LogP contribution in [-0.4, -0.2) is 35.3 Å². The van der Waals surface area contributed by atoms with Crippen molar-refractivity contribution in [3.63, 3.8) is 0 Å². The summed E-state index contributed by atoms with van der Waals surface area (Å²) < 4.78 is 0. The van der Waals surface area contributed by atoms with Gasteiger partial charge in [0.2, 0.25) is 11.8 Å². The molecule has 0 radical (unpaired) electrons. The van der Waals surface area contributed by atoms with E-state index >= 15 is 0 Å². The third-order valence-electron chi connectivity index (χ3n) is 4.99. The Morgan fingerprint density at radius 2 is 1.88 bits per heavy atom. The molecule has 1 aliphatic carbocycles. The maximum absolute atomic E-state index is 12.6. The van der Waals surface area contributed by atoms with Gasteiger partial charge in [0.05, 0.1) is 6.54 Å². The molecule has 0 heterocycles. The molecule has 2 amide bonds. The fraction of sp³-hybridized carbons (Fsp3) is 0.545. The molecule has 0 spiro atoms. The van der Waals surface area contributed by atoms with Gasteiger partial charge in [-0.25, -0.2) is 0 Å². The molecule has 0 aliphatic heterocycles. The molecule has 2 rings (SSSR count). The summed E-state index contributed by atoms with van der Waals surface area (Å²) >= 11 is 0. The number of hydrogen-bond donors (Lipinski definition) is 1. The first kappa shape index (κ1) is 20.0. The lowest BCUT2D eigenvalue weighted by Gasteiger charge is -2.26. The predicted octanol–water partition coefficient (Wildman–Crippen LogP) is 3.50. The van der Waals surface area contributed by atoms with Crippen molar-refractivity contribution in [2.24, 2.45) is 0 Å².